The van der Waals surface area contributed by atoms with Crippen LogP contribution in [-0.4, -0.2) is 44.9 Å². The van der Waals surface area contributed by atoms with Gasteiger partial charge in [-0.1, -0.05) is 18.6 Å². The fraction of sp³-hybridized carbons (Fsp3) is 0.448. The molecular formula is C29H35N5O2. The summed E-state index contributed by atoms with van der Waals surface area (Å²) in [4.78, 5) is 23.6. The predicted octanol–water partition coefficient (Wildman–Crippen LogP) is 4.17. The summed E-state index contributed by atoms with van der Waals surface area (Å²) < 4.78 is 1.76. The summed E-state index contributed by atoms with van der Waals surface area (Å²) in [7, 11) is 0. The summed E-state index contributed by atoms with van der Waals surface area (Å²) >= 11 is 0. The van der Waals surface area contributed by atoms with Crippen molar-refractivity contribution in [3.8, 4) is 0 Å². The lowest BCUT2D eigenvalue weighted by Crippen LogP contribution is -2.42. The number of hydrogen-bond donors (Lipinski definition) is 3. The molecule has 1 saturated carbocycles. The molecule has 1 aromatic carbocycles. The molecule has 1 aliphatic heterocycles. The third-order valence-corrected chi connectivity index (χ3v) is 8.13. The Morgan fingerprint density at radius 2 is 1.97 bits per heavy atom. The van der Waals surface area contributed by atoms with Crippen molar-refractivity contribution in [2.45, 2.75) is 57.7 Å². The number of aliphatic hydroxyl groups is 1. The van der Waals surface area contributed by atoms with Crippen LogP contribution in [0.15, 0.2) is 53.7 Å². The van der Waals surface area contributed by atoms with E-state index >= 15 is 0 Å². The van der Waals surface area contributed by atoms with Gasteiger partial charge in [0.1, 0.15) is 0 Å². The molecule has 188 valence electrons. The number of pyridine rings is 2. The lowest BCUT2D eigenvalue weighted by atomic mass is 9.85. The fourth-order valence-corrected chi connectivity index (χ4v) is 5.53. The number of nitrogens with one attached hydrogen (secondary N) is 2. The zero-order valence-electron chi connectivity index (χ0n) is 21.0. The first-order valence-electron chi connectivity index (χ1n) is 13.2. The van der Waals surface area contributed by atoms with Gasteiger partial charge in [-0.25, -0.2) is 0 Å². The number of piperidine rings is 1. The Labute approximate surface area is 211 Å². The number of aromatic nitrogens is 3. The van der Waals surface area contributed by atoms with E-state index in [-0.39, 0.29) is 5.56 Å². The molecule has 1 aliphatic carbocycles. The molecule has 0 radical (unpaired) electrons. The molecule has 7 nitrogen and oxygen atoms in total. The number of anilines is 1. The molecule has 4 aromatic rings. The second-order valence-corrected chi connectivity index (χ2v) is 11.0. The van der Waals surface area contributed by atoms with Gasteiger partial charge in [0, 0.05) is 48.6 Å². The highest BCUT2D eigenvalue weighted by Crippen LogP contribution is 2.30. The molecule has 2 aliphatic rings. The summed E-state index contributed by atoms with van der Waals surface area (Å²) in [6.45, 7) is 5.87. The molecular weight excluding hydrogens is 450 g/mol. The minimum atomic E-state index is -0.616. The lowest BCUT2D eigenvalue weighted by Gasteiger charge is -2.37. The second kappa shape index (κ2) is 9.37. The van der Waals surface area contributed by atoms with Crippen molar-refractivity contribution < 1.29 is 5.11 Å². The third kappa shape index (κ3) is 4.65. The Kier molecular flexibility index (Phi) is 6.05. The van der Waals surface area contributed by atoms with Crippen molar-refractivity contribution in [1.29, 1.82) is 0 Å². The summed E-state index contributed by atoms with van der Waals surface area (Å²) in [5.74, 6) is 0.851. The Morgan fingerprint density at radius 3 is 2.75 bits per heavy atom. The Balaban J connectivity index is 1.20. The van der Waals surface area contributed by atoms with Crippen LogP contribution < -0.4 is 15.8 Å². The molecule has 0 bridgehead atoms. The number of fused-ring (bicyclic) bond motifs is 2. The van der Waals surface area contributed by atoms with Crippen LogP contribution in [0.4, 0.5) is 5.69 Å². The zero-order chi connectivity index (χ0) is 24.7. The maximum absolute atomic E-state index is 13.4. The van der Waals surface area contributed by atoms with Crippen LogP contribution in [0.25, 0.3) is 21.7 Å². The lowest BCUT2D eigenvalue weighted by molar-refractivity contribution is 0.0352. The van der Waals surface area contributed by atoms with E-state index < -0.39 is 5.60 Å². The molecule has 0 amide bonds. The Morgan fingerprint density at radius 1 is 1.14 bits per heavy atom. The quantitative estimate of drug-likeness (QED) is 0.366. The number of aromatic amines is 1. The highest BCUT2D eigenvalue weighted by molar-refractivity contribution is 5.92. The SMILES string of the molecule is CC1(O)CCN(c2cncc3c(=O)n(Cc4ccc5cc(CNCC6CCC6)[nH]c5c4)ccc23)CC1. The van der Waals surface area contributed by atoms with Gasteiger partial charge in [-0.05, 0) is 74.2 Å². The Hall–Kier alpha value is -3.16. The monoisotopic (exact) mass is 485 g/mol. The number of rotatable bonds is 7. The van der Waals surface area contributed by atoms with Gasteiger partial charge in [0.2, 0.25) is 0 Å². The molecule has 1 saturated heterocycles. The summed E-state index contributed by atoms with van der Waals surface area (Å²) in [6.07, 6.45) is 10.9. The van der Waals surface area contributed by atoms with Crippen molar-refractivity contribution >= 4 is 27.4 Å². The summed E-state index contributed by atoms with van der Waals surface area (Å²) in [6, 6.07) is 10.6. The first kappa shape index (κ1) is 23.3. The maximum atomic E-state index is 13.4. The topological polar surface area (TPSA) is 86.2 Å². The van der Waals surface area contributed by atoms with Crippen molar-refractivity contribution in [1.82, 2.24) is 19.9 Å². The molecule has 6 rings (SSSR count). The van der Waals surface area contributed by atoms with Crippen molar-refractivity contribution in [2.75, 3.05) is 24.5 Å². The van der Waals surface area contributed by atoms with E-state index in [2.05, 4.69) is 44.5 Å². The number of hydrogen-bond acceptors (Lipinski definition) is 5. The van der Waals surface area contributed by atoms with Gasteiger partial charge >= 0.3 is 0 Å². The third-order valence-electron chi connectivity index (χ3n) is 8.13. The molecule has 2 fully saturated rings. The fourth-order valence-electron chi connectivity index (χ4n) is 5.53. The average molecular weight is 486 g/mol. The normalized spacial score (nSPS) is 18.1. The van der Waals surface area contributed by atoms with Gasteiger partial charge in [0.15, 0.2) is 0 Å². The largest absolute Gasteiger partial charge is 0.390 e. The minimum Gasteiger partial charge on any atom is -0.390 e. The standard InChI is InChI=1S/C29H35N5O2/c1-29(36)8-11-33(12-9-29)27-18-31-17-25-24(27)7-10-34(28(25)35)19-21-5-6-22-14-23(32-26(22)13-21)16-30-15-20-3-2-4-20/h5-7,10,13-14,17-18,20,30,32,36H,2-4,8-9,11-12,15-16,19H2,1H3. The van der Waals surface area contributed by atoms with E-state index in [1.54, 1.807) is 10.8 Å². The number of nitrogens with zero attached hydrogens (tertiary/aromatic N) is 3. The molecule has 3 N–H and O–H groups in total. The van der Waals surface area contributed by atoms with Crippen LogP contribution in [0, 0.1) is 5.92 Å². The van der Waals surface area contributed by atoms with E-state index in [0.717, 1.165) is 54.3 Å². The van der Waals surface area contributed by atoms with Gasteiger partial charge in [-0.15, -0.1) is 0 Å². The van der Waals surface area contributed by atoms with E-state index in [1.807, 2.05) is 25.4 Å². The van der Waals surface area contributed by atoms with Gasteiger partial charge < -0.3 is 24.9 Å². The minimum absolute atomic E-state index is 0.0293. The summed E-state index contributed by atoms with van der Waals surface area (Å²) in [5, 5.41) is 16.6. The van der Waals surface area contributed by atoms with Gasteiger partial charge in [0.25, 0.3) is 5.56 Å². The molecule has 3 aromatic heterocycles. The van der Waals surface area contributed by atoms with Crippen LogP contribution in [-0.2, 0) is 13.1 Å². The average Bonchev–Trinajstić information content (AvgIpc) is 3.24. The van der Waals surface area contributed by atoms with Crippen LogP contribution in [0.5, 0.6) is 0 Å². The molecule has 7 heteroatoms. The molecule has 0 atom stereocenters. The molecule has 4 heterocycles. The maximum Gasteiger partial charge on any atom is 0.260 e. The first-order valence-corrected chi connectivity index (χ1v) is 13.2. The Bertz CT molecular complexity index is 1440. The van der Waals surface area contributed by atoms with Gasteiger partial charge in [-0.3, -0.25) is 9.78 Å². The van der Waals surface area contributed by atoms with Crippen molar-refractivity contribution in [3.63, 3.8) is 0 Å². The van der Waals surface area contributed by atoms with Crippen LogP contribution in [0.1, 0.15) is 50.3 Å². The molecule has 0 spiro atoms. The smallest absolute Gasteiger partial charge is 0.260 e. The first-order chi connectivity index (χ1) is 17.4. The van der Waals surface area contributed by atoms with Crippen molar-refractivity contribution in [3.05, 3.63) is 70.5 Å². The van der Waals surface area contributed by atoms with Gasteiger partial charge in [-0.2, -0.15) is 0 Å². The van der Waals surface area contributed by atoms with Crippen LogP contribution in [0.2, 0.25) is 0 Å². The van der Waals surface area contributed by atoms with E-state index in [0.29, 0.717) is 24.8 Å². The highest BCUT2D eigenvalue weighted by atomic mass is 16.3. The van der Waals surface area contributed by atoms with Crippen molar-refractivity contribution in [2.24, 2.45) is 5.92 Å². The molecule has 36 heavy (non-hydrogen) atoms. The van der Waals surface area contributed by atoms with E-state index in [9.17, 15) is 9.90 Å². The number of benzene rings is 1. The van der Waals surface area contributed by atoms with E-state index in [4.69, 9.17) is 0 Å². The second-order valence-electron chi connectivity index (χ2n) is 11.0. The van der Waals surface area contributed by atoms with Gasteiger partial charge in [0.05, 0.1) is 29.4 Å². The number of H-pyrrole nitrogens is 1. The van der Waals surface area contributed by atoms with Crippen LogP contribution in [0.3, 0.4) is 0 Å². The van der Waals surface area contributed by atoms with Crippen LogP contribution >= 0.6 is 0 Å². The predicted molar refractivity (Wildman–Crippen MR) is 145 cm³/mol. The zero-order valence-corrected chi connectivity index (χ0v) is 21.0. The van der Waals surface area contributed by atoms with E-state index in [1.165, 1.54) is 30.3 Å². The highest BCUT2D eigenvalue weighted by Gasteiger charge is 2.28. The molecule has 0 unspecified atom stereocenters. The summed E-state index contributed by atoms with van der Waals surface area (Å²) in [5.41, 5.74) is 3.71.